The van der Waals surface area contributed by atoms with Crippen LogP contribution in [0.5, 0.6) is 0 Å². The van der Waals surface area contributed by atoms with Gasteiger partial charge in [-0.05, 0) is 153 Å². The van der Waals surface area contributed by atoms with Crippen LogP contribution in [-0.4, -0.2) is 10.3 Å². The third-order valence-electron chi connectivity index (χ3n) is 15.3. The Morgan fingerprint density at radius 3 is 1.63 bits per heavy atom. The van der Waals surface area contributed by atoms with E-state index in [0.29, 0.717) is 0 Å². The number of hydrogen-bond donors (Lipinski definition) is 0. The maximum absolute atomic E-state index is 6.94. The largest absolute Gasteiger partial charge is 0.456 e. The lowest BCUT2D eigenvalue weighted by molar-refractivity contribution is 0.669. The van der Waals surface area contributed by atoms with Crippen molar-refractivity contribution in [1.29, 1.82) is 0 Å². The van der Waals surface area contributed by atoms with Gasteiger partial charge in [-0.1, -0.05) is 164 Å². The predicted octanol–water partition coefficient (Wildman–Crippen LogP) is 19.8. The SMILES string of the molecule is C=C(C)/C(=N\C(/C(C)=C(\C)c1ccc(-c2ccccc2)cc1)c1ccc2c(c1)sc1ccccc12)c1cc2oc3cc4ccccc4cc3c2cc1-n1c2cc3ccccc3cc2c2cc3ccccc3cc21. The number of furan rings is 1. The van der Waals surface area contributed by atoms with Crippen LogP contribution in [0.3, 0.4) is 0 Å². The summed E-state index contributed by atoms with van der Waals surface area (Å²) in [7, 11) is 0. The second-order valence-electron chi connectivity index (χ2n) is 19.7. The summed E-state index contributed by atoms with van der Waals surface area (Å²) in [5, 5.41) is 14.2. The molecule has 0 aliphatic rings. The first-order valence-electron chi connectivity index (χ1n) is 25.0. The highest BCUT2D eigenvalue weighted by molar-refractivity contribution is 7.25. The van der Waals surface area contributed by atoms with Crippen molar-refractivity contribution in [3.63, 3.8) is 0 Å². The molecule has 0 N–H and O–H groups in total. The van der Waals surface area contributed by atoms with Gasteiger partial charge >= 0.3 is 0 Å². The van der Waals surface area contributed by atoms with Crippen molar-refractivity contribution in [2.75, 3.05) is 0 Å². The molecule has 0 amide bonds. The van der Waals surface area contributed by atoms with Gasteiger partial charge in [0.15, 0.2) is 0 Å². The van der Waals surface area contributed by atoms with Crippen LogP contribution >= 0.6 is 11.3 Å². The lowest BCUT2D eigenvalue weighted by atomic mass is 9.91. The summed E-state index contributed by atoms with van der Waals surface area (Å²) < 4.78 is 12.0. The molecular formula is C69H48N2OS. The number of fused-ring (bicyclic) bond motifs is 12. The molecule has 0 aliphatic carbocycles. The molecule has 0 saturated heterocycles. The highest BCUT2D eigenvalue weighted by Gasteiger charge is 2.25. The van der Waals surface area contributed by atoms with Crippen molar-refractivity contribution in [2.45, 2.75) is 26.8 Å². The summed E-state index contributed by atoms with van der Waals surface area (Å²) in [5.41, 5.74) is 14.6. The molecule has 0 bridgehead atoms. The molecule has 1 unspecified atom stereocenters. The summed E-state index contributed by atoms with van der Waals surface area (Å²) in [6.07, 6.45) is 0. The van der Waals surface area contributed by atoms with Gasteiger partial charge < -0.3 is 8.98 Å². The maximum atomic E-state index is 6.94. The van der Waals surface area contributed by atoms with Gasteiger partial charge in [0.05, 0.1) is 28.5 Å². The van der Waals surface area contributed by atoms with Crippen LogP contribution in [0.1, 0.15) is 43.5 Å². The van der Waals surface area contributed by atoms with Gasteiger partial charge in [0.2, 0.25) is 0 Å². The molecule has 14 rings (SSSR count). The smallest absolute Gasteiger partial charge is 0.136 e. The third-order valence-corrected chi connectivity index (χ3v) is 16.4. The normalized spacial score (nSPS) is 13.2. The molecule has 0 aliphatic heterocycles. The molecule has 3 heterocycles. The fourth-order valence-corrected chi connectivity index (χ4v) is 12.5. The number of allylic oxidation sites excluding steroid dienone is 2. The van der Waals surface area contributed by atoms with Crippen LogP contribution in [0.2, 0.25) is 0 Å². The van der Waals surface area contributed by atoms with Gasteiger partial charge in [-0.15, -0.1) is 11.3 Å². The van der Waals surface area contributed by atoms with Gasteiger partial charge in [0.1, 0.15) is 11.2 Å². The van der Waals surface area contributed by atoms with Gasteiger partial charge in [-0.2, -0.15) is 0 Å². The molecule has 3 aromatic heterocycles. The summed E-state index contributed by atoms with van der Waals surface area (Å²) in [6, 6.07) is 79.3. The lowest BCUT2D eigenvalue weighted by Crippen LogP contribution is -2.12. The Balaban J connectivity index is 1.06. The van der Waals surface area contributed by atoms with Crippen molar-refractivity contribution in [1.82, 2.24) is 4.57 Å². The van der Waals surface area contributed by atoms with Gasteiger partial charge in [-0.3, -0.25) is 4.99 Å². The average molecular weight is 953 g/mol. The van der Waals surface area contributed by atoms with E-state index in [1.165, 1.54) is 85.7 Å². The molecule has 0 fully saturated rings. The zero-order valence-corrected chi connectivity index (χ0v) is 41.6. The lowest BCUT2D eigenvalue weighted by Gasteiger charge is -2.22. The highest BCUT2D eigenvalue weighted by Crippen LogP contribution is 2.44. The van der Waals surface area contributed by atoms with E-state index in [9.17, 15) is 0 Å². The third kappa shape index (κ3) is 7.12. The van der Waals surface area contributed by atoms with E-state index < -0.39 is 0 Å². The summed E-state index contributed by atoms with van der Waals surface area (Å²) in [5.74, 6) is 0. The van der Waals surface area contributed by atoms with Crippen molar-refractivity contribution >= 4 is 119 Å². The zero-order chi connectivity index (χ0) is 48.9. The molecule has 1 atom stereocenters. The summed E-state index contributed by atoms with van der Waals surface area (Å²) in [6.45, 7) is 11.4. The minimum Gasteiger partial charge on any atom is -0.456 e. The fourth-order valence-electron chi connectivity index (χ4n) is 11.4. The molecular weight excluding hydrogens is 905 g/mol. The van der Waals surface area contributed by atoms with E-state index >= 15 is 0 Å². The Morgan fingerprint density at radius 2 is 0.986 bits per heavy atom. The van der Waals surface area contributed by atoms with Crippen LogP contribution in [0.15, 0.2) is 246 Å². The zero-order valence-electron chi connectivity index (χ0n) is 40.8. The molecule has 4 heteroatoms. The van der Waals surface area contributed by atoms with Crippen molar-refractivity contribution < 1.29 is 4.42 Å². The maximum Gasteiger partial charge on any atom is 0.136 e. The van der Waals surface area contributed by atoms with E-state index in [-0.39, 0.29) is 6.04 Å². The Labute approximate surface area is 426 Å². The Bertz CT molecular complexity index is 4560. The Morgan fingerprint density at radius 1 is 0.466 bits per heavy atom. The van der Waals surface area contributed by atoms with Crippen LogP contribution in [0.4, 0.5) is 0 Å². The monoisotopic (exact) mass is 952 g/mol. The summed E-state index contributed by atoms with van der Waals surface area (Å²) in [4.78, 5) is 6.03. The van der Waals surface area contributed by atoms with Crippen LogP contribution in [-0.2, 0) is 0 Å². The van der Waals surface area contributed by atoms with Crippen LogP contribution in [0, 0.1) is 0 Å². The molecule has 0 spiro atoms. The number of thiophene rings is 1. The molecule has 14 aromatic rings. The quantitative estimate of drug-likeness (QED) is 0.140. The first-order valence-corrected chi connectivity index (χ1v) is 25.9. The average Bonchev–Trinajstić information content (AvgIpc) is 4.08. The number of aliphatic imine (C=N–C) groups is 1. The molecule has 73 heavy (non-hydrogen) atoms. The minimum atomic E-state index is -0.356. The molecule has 0 saturated carbocycles. The molecule has 3 nitrogen and oxygen atoms in total. The van der Waals surface area contributed by atoms with Crippen molar-refractivity contribution in [2.24, 2.45) is 4.99 Å². The highest BCUT2D eigenvalue weighted by atomic mass is 32.1. The van der Waals surface area contributed by atoms with Gasteiger partial charge in [0.25, 0.3) is 0 Å². The number of aromatic nitrogens is 1. The number of nitrogens with zero attached hydrogens (tertiary/aromatic N) is 2. The minimum absolute atomic E-state index is 0.356. The molecule has 11 aromatic carbocycles. The Hall–Kier alpha value is -8.83. The molecule has 0 radical (unpaired) electrons. The predicted molar refractivity (Wildman–Crippen MR) is 314 cm³/mol. The van der Waals surface area contributed by atoms with E-state index in [1.54, 1.807) is 0 Å². The van der Waals surface area contributed by atoms with Gasteiger partial charge in [0, 0.05) is 47.3 Å². The van der Waals surface area contributed by atoms with E-state index in [1.807, 2.05) is 11.3 Å². The van der Waals surface area contributed by atoms with E-state index in [4.69, 9.17) is 16.0 Å². The number of benzene rings is 11. The Kier molecular flexibility index (Phi) is 9.96. The van der Waals surface area contributed by atoms with E-state index in [0.717, 1.165) is 66.5 Å². The topological polar surface area (TPSA) is 30.4 Å². The molecule has 346 valence electrons. The number of rotatable bonds is 8. The van der Waals surface area contributed by atoms with Crippen molar-refractivity contribution in [3.8, 4) is 16.8 Å². The fraction of sp³-hybridized carbons (Fsp3) is 0.0580. The second kappa shape index (κ2) is 16.9. The first-order chi connectivity index (χ1) is 35.8. The van der Waals surface area contributed by atoms with Crippen LogP contribution in [0.25, 0.3) is 119 Å². The van der Waals surface area contributed by atoms with E-state index in [2.05, 4.69) is 244 Å². The van der Waals surface area contributed by atoms with Crippen molar-refractivity contribution in [3.05, 3.63) is 253 Å². The number of hydrogen-bond acceptors (Lipinski definition) is 3. The summed E-state index contributed by atoms with van der Waals surface area (Å²) >= 11 is 1.84. The standard InChI is InChI=1S/C69H48N2OS/c1-41(2)68(70-69(53-30-31-55-54-24-14-15-25-66(54)73-67(55)38-53)43(4)42(3)44-26-28-46(29-27-44)45-16-6-5-7-17-45)60-40-65-59(58-34-49-20-10-13-23-52(49)37-64(58)72-65)39-63(60)71-61-35-50-21-11-8-18-47(50)32-56(61)57-33-48-19-9-12-22-51(48)36-62(57)71/h5-40,69H,1H2,2-4H3/b43-42+,70-68+. The second-order valence-corrected chi connectivity index (χ2v) is 20.8. The van der Waals surface area contributed by atoms with Crippen LogP contribution < -0.4 is 0 Å². The van der Waals surface area contributed by atoms with Gasteiger partial charge in [-0.25, -0.2) is 0 Å². The first kappa shape index (κ1) is 43.0.